The molecule has 2 aromatic rings. The van der Waals surface area contributed by atoms with Gasteiger partial charge >= 0.3 is 0 Å². The summed E-state index contributed by atoms with van der Waals surface area (Å²) < 4.78 is 7.46. The molecule has 0 amide bonds. The number of rotatable bonds is 5. The summed E-state index contributed by atoms with van der Waals surface area (Å²) in [6, 6.07) is 10.8. The third-order valence-corrected chi connectivity index (χ3v) is 4.10. The number of hydrogen-bond donors (Lipinski definition) is 0. The first-order valence-corrected chi connectivity index (χ1v) is 7.64. The maximum absolute atomic E-state index is 5.50. The molecular weight excluding hydrogens is 262 g/mol. The number of likely N-dealkylation sites (tertiary alicyclic amines) is 1. The molecule has 112 valence electrons. The highest BCUT2D eigenvalue weighted by Crippen LogP contribution is 2.16. The van der Waals surface area contributed by atoms with Crippen molar-refractivity contribution in [2.24, 2.45) is 0 Å². The van der Waals surface area contributed by atoms with E-state index in [1.165, 1.54) is 30.5 Å². The predicted octanol–water partition coefficient (Wildman–Crippen LogP) is 2.54. The van der Waals surface area contributed by atoms with Crippen LogP contribution in [0.25, 0.3) is 0 Å². The Kier molecular flexibility index (Phi) is 4.68. The van der Waals surface area contributed by atoms with Gasteiger partial charge in [0.2, 0.25) is 0 Å². The first-order valence-electron chi connectivity index (χ1n) is 7.64. The van der Waals surface area contributed by atoms with Gasteiger partial charge in [-0.25, -0.2) is 0 Å². The Morgan fingerprint density at radius 1 is 1.24 bits per heavy atom. The molecule has 1 aliphatic rings. The van der Waals surface area contributed by atoms with E-state index < -0.39 is 0 Å². The van der Waals surface area contributed by atoms with E-state index in [0.29, 0.717) is 6.10 Å². The number of benzene rings is 1. The monoisotopic (exact) mass is 285 g/mol. The van der Waals surface area contributed by atoms with Gasteiger partial charge in [-0.2, -0.15) is 5.10 Å². The number of nitrogens with zero attached hydrogens (tertiary/aromatic N) is 3. The predicted molar refractivity (Wildman–Crippen MR) is 83.1 cm³/mol. The Hall–Kier alpha value is -1.65. The molecule has 0 bridgehead atoms. The summed E-state index contributed by atoms with van der Waals surface area (Å²) in [6.45, 7) is 4.05. The molecule has 0 N–H and O–H groups in total. The number of methoxy groups -OCH3 is 1. The van der Waals surface area contributed by atoms with Gasteiger partial charge in [0.05, 0.1) is 12.6 Å². The Morgan fingerprint density at radius 3 is 2.86 bits per heavy atom. The second-order valence-corrected chi connectivity index (χ2v) is 5.76. The fourth-order valence-corrected chi connectivity index (χ4v) is 3.01. The van der Waals surface area contributed by atoms with Crippen LogP contribution in [0.2, 0.25) is 0 Å². The molecule has 0 unspecified atom stereocenters. The summed E-state index contributed by atoms with van der Waals surface area (Å²) in [4.78, 5) is 2.49. The van der Waals surface area contributed by atoms with E-state index in [9.17, 15) is 0 Å². The van der Waals surface area contributed by atoms with Crippen molar-refractivity contribution >= 4 is 0 Å². The van der Waals surface area contributed by atoms with Crippen molar-refractivity contribution in [2.75, 3.05) is 20.2 Å². The fourth-order valence-electron chi connectivity index (χ4n) is 3.01. The minimum absolute atomic E-state index is 0.394. The molecule has 1 atom stereocenters. The lowest BCUT2D eigenvalue weighted by atomic mass is 10.1. The quantitative estimate of drug-likeness (QED) is 0.846. The van der Waals surface area contributed by atoms with E-state index in [1.54, 1.807) is 0 Å². The summed E-state index contributed by atoms with van der Waals surface area (Å²) in [6.07, 6.45) is 6.63. The molecular formula is C17H23N3O. The van der Waals surface area contributed by atoms with Gasteiger partial charge in [0.1, 0.15) is 0 Å². The van der Waals surface area contributed by atoms with Crippen LogP contribution in [0.5, 0.6) is 0 Å². The number of aromatic nitrogens is 2. The third-order valence-electron chi connectivity index (χ3n) is 4.10. The average molecular weight is 285 g/mol. The van der Waals surface area contributed by atoms with Crippen LogP contribution >= 0.6 is 0 Å². The zero-order chi connectivity index (χ0) is 14.5. The molecule has 1 saturated heterocycles. The summed E-state index contributed by atoms with van der Waals surface area (Å²) in [7, 11) is 1.82. The summed E-state index contributed by atoms with van der Waals surface area (Å²) >= 11 is 0. The standard InChI is InChI=1S/C17H23N3O/c1-21-17-7-3-9-19(14-17)12-15-5-2-6-16(11-15)13-20-10-4-8-18-20/h2,4-6,8,10-11,17H,3,7,9,12-14H2,1H3/t17-/m1/s1. The fraction of sp³-hybridized carbons (Fsp3) is 0.471. The van der Waals surface area contributed by atoms with Crippen LogP contribution in [0.15, 0.2) is 42.7 Å². The van der Waals surface area contributed by atoms with Crippen molar-refractivity contribution < 1.29 is 4.74 Å². The molecule has 1 aromatic heterocycles. The smallest absolute Gasteiger partial charge is 0.0698 e. The number of hydrogen-bond acceptors (Lipinski definition) is 3. The second-order valence-electron chi connectivity index (χ2n) is 5.76. The molecule has 21 heavy (non-hydrogen) atoms. The summed E-state index contributed by atoms with van der Waals surface area (Å²) in [5.74, 6) is 0. The van der Waals surface area contributed by atoms with E-state index in [0.717, 1.165) is 19.6 Å². The maximum Gasteiger partial charge on any atom is 0.0698 e. The average Bonchev–Trinajstić information content (AvgIpc) is 3.01. The Labute approximate surface area is 126 Å². The van der Waals surface area contributed by atoms with E-state index in [2.05, 4.69) is 34.3 Å². The second kappa shape index (κ2) is 6.87. The molecule has 1 aromatic carbocycles. The van der Waals surface area contributed by atoms with Crippen molar-refractivity contribution in [3.63, 3.8) is 0 Å². The van der Waals surface area contributed by atoms with Crippen LogP contribution < -0.4 is 0 Å². The van der Waals surface area contributed by atoms with Crippen LogP contribution in [-0.2, 0) is 17.8 Å². The molecule has 0 spiro atoms. The maximum atomic E-state index is 5.50. The molecule has 1 aliphatic heterocycles. The van der Waals surface area contributed by atoms with Gasteiger partial charge in [-0.3, -0.25) is 9.58 Å². The Balaban J connectivity index is 1.63. The van der Waals surface area contributed by atoms with Gasteiger partial charge in [-0.15, -0.1) is 0 Å². The Morgan fingerprint density at radius 2 is 2.10 bits per heavy atom. The molecule has 3 rings (SSSR count). The van der Waals surface area contributed by atoms with Crippen LogP contribution in [0.4, 0.5) is 0 Å². The topological polar surface area (TPSA) is 30.3 Å². The molecule has 0 aliphatic carbocycles. The third kappa shape index (κ3) is 3.93. The number of ether oxygens (including phenoxy) is 1. The zero-order valence-corrected chi connectivity index (χ0v) is 12.6. The highest BCUT2D eigenvalue weighted by Gasteiger charge is 2.19. The minimum Gasteiger partial charge on any atom is -0.380 e. The SMILES string of the molecule is CO[C@@H]1CCCN(Cc2cccc(Cn3cccn3)c2)C1. The largest absolute Gasteiger partial charge is 0.380 e. The highest BCUT2D eigenvalue weighted by atomic mass is 16.5. The van der Waals surface area contributed by atoms with Crippen LogP contribution in [-0.4, -0.2) is 41.0 Å². The van der Waals surface area contributed by atoms with Crippen molar-refractivity contribution in [1.82, 2.24) is 14.7 Å². The van der Waals surface area contributed by atoms with Crippen molar-refractivity contribution in [2.45, 2.75) is 32.0 Å². The van der Waals surface area contributed by atoms with Crippen molar-refractivity contribution in [3.05, 3.63) is 53.9 Å². The van der Waals surface area contributed by atoms with E-state index in [4.69, 9.17) is 4.74 Å². The lowest BCUT2D eigenvalue weighted by molar-refractivity contribution is 0.0285. The molecule has 0 radical (unpaired) electrons. The summed E-state index contributed by atoms with van der Waals surface area (Å²) in [5.41, 5.74) is 2.67. The number of piperidine rings is 1. The molecule has 0 saturated carbocycles. The highest BCUT2D eigenvalue weighted by molar-refractivity contribution is 5.23. The van der Waals surface area contributed by atoms with Crippen LogP contribution in [0.1, 0.15) is 24.0 Å². The van der Waals surface area contributed by atoms with Gasteiger partial charge in [0.25, 0.3) is 0 Å². The van der Waals surface area contributed by atoms with Crippen molar-refractivity contribution in [3.8, 4) is 0 Å². The van der Waals surface area contributed by atoms with Gasteiger partial charge in [0.15, 0.2) is 0 Å². The van der Waals surface area contributed by atoms with E-state index >= 15 is 0 Å². The van der Waals surface area contributed by atoms with Crippen molar-refractivity contribution in [1.29, 1.82) is 0 Å². The lowest BCUT2D eigenvalue weighted by Gasteiger charge is -2.31. The van der Waals surface area contributed by atoms with E-state index in [1.807, 2.05) is 30.3 Å². The Bertz CT molecular complexity index is 553. The molecule has 1 fully saturated rings. The normalized spacial score (nSPS) is 19.8. The van der Waals surface area contributed by atoms with Gasteiger partial charge in [-0.05, 0) is 36.6 Å². The van der Waals surface area contributed by atoms with Gasteiger partial charge < -0.3 is 4.74 Å². The van der Waals surface area contributed by atoms with Gasteiger partial charge in [0, 0.05) is 32.6 Å². The van der Waals surface area contributed by atoms with Gasteiger partial charge in [-0.1, -0.05) is 24.3 Å². The molecule has 2 heterocycles. The first kappa shape index (κ1) is 14.3. The van der Waals surface area contributed by atoms with E-state index in [-0.39, 0.29) is 0 Å². The van der Waals surface area contributed by atoms with Crippen LogP contribution in [0, 0.1) is 0 Å². The molecule has 4 heteroatoms. The molecule has 4 nitrogen and oxygen atoms in total. The summed E-state index contributed by atoms with van der Waals surface area (Å²) in [5, 5.41) is 4.27. The minimum atomic E-state index is 0.394. The lowest BCUT2D eigenvalue weighted by Crippen LogP contribution is -2.38. The first-order chi connectivity index (χ1) is 10.3. The zero-order valence-electron chi connectivity index (χ0n) is 12.6. The van der Waals surface area contributed by atoms with Crippen LogP contribution in [0.3, 0.4) is 0 Å².